The molecule has 1 fully saturated rings. The van der Waals surface area contributed by atoms with Crippen LogP contribution in [0.1, 0.15) is 18.1 Å². The summed E-state index contributed by atoms with van der Waals surface area (Å²) in [5.41, 5.74) is 2.22. The van der Waals surface area contributed by atoms with Crippen molar-refractivity contribution in [2.45, 2.75) is 18.5 Å². The van der Waals surface area contributed by atoms with E-state index >= 15 is 0 Å². The number of hydrogen-bond donors (Lipinski definition) is 2. The smallest absolute Gasteiger partial charge is 0.324 e. The third-order valence-corrected chi connectivity index (χ3v) is 6.50. The lowest BCUT2D eigenvalue weighted by atomic mass is 9.82. The quantitative estimate of drug-likeness (QED) is 0.378. The van der Waals surface area contributed by atoms with Gasteiger partial charge >= 0.3 is 6.03 Å². The highest BCUT2D eigenvalue weighted by Crippen LogP contribution is 2.37. The fourth-order valence-electron chi connectivity index (χ4n) is 4.65. The molecular weight excluding hydrogens is 450 g/mol. The number of anilines is 1. The van der Waals surface area contributed by atoms with Gasteiger partial charge in [0, 0.05) is 11.3 Å². The fraction of sp³-hybridized carbons (Fsp3) is 0.100. The Morgan fingerprint density at radius 3 is 1.83 bits per heavy atom. The number of hydrogen-bond acceptors (Lipinski definition) is 3. The van der Waals surface area contributed by atoms with Crippen molar-refractivity contribution >= 4 is 23.5 Å². The lowest BCUT2D eigenvalue weighted by Crippen LogP contribution is -2.48. The van der Waals surface area contributed by atoms with Crippen LogP contribution in [-0.2, 0) is 15.1 Å². The monoisotopic (exact) mass is 475 g/mol. The molecular formula is C30H25N3O3. The highest BCUT2D eigenvalue weighted by Gasteiger charge is 2.55. The second-order valence-electron chi connectivity index (χ2n) is 8.66. The van der Waals surface area contributed by atoms with E-state index < -0.39 is 29.4 Å². The number of rotatable bonds is 6. The van der Waals surface area contributed by atoms with E-state index in [2.05, 4.69) is 10.6 Å². The Bertz CT molecular complexity index is 1370. The molecule has 4 amide bonds. The summed E-state index contributed by atoms with van der Waals surface area (Å²) in [4.78, 5) is 41.6. The first kappa shape index (κ1) is 23.1. The van der Waals surface area contributed by atoms with Crippen LogP contribution in [0, 0.1) is 0 Å². The Morgan fingerprint density at radius 1 is 0.750 bits per heavy atom. The Morgan fingerprint density at radius 2 is 1.25 bits per heavy atom. The summed E-state index contributed by atoms with van der Waals surface area (Å²) in [5.74, 6) is -0.956. The molecule has 6 nitrogen and oxygen atoms in total. The molecule has 5 rings (SSSR count). The van der Waals surface area contributed by atoms with Gasteiger partial charge in [-0.2, -0.15) is 0 Å². The number of para-hydroxylation sites is 1. The van der Waals surface area contributed by atoms with Gasteiger partial charge in [0.25, 0.3) is 5.91 Å². The number of nitrogens with zero attached hydrogens (tertiary/aromatic N) is 1. The van der Waals surface area contributed by atoms with Crippen molar-refractivity contribution in [2.24, 2.45) is 0 Å². The van der Waals surface area contributed by atoms with E-state index in [0.29, 0.717) is 16.8 Å². The molecule has 6 heteroatoms. The lowest BCUT2D eigenvalue weighted by Gasteiger charge is -2.29. The van der Waals surface area contributed by atoms with Crippen molar-refractivity contribution < 1.29 is 14.4 Å². The zero-order chi connectivity index (χ0) is 25.1. The van der Waals surface area contributed by atoms with E-state index in [-0.39, 0.29) is 0 Å². The molecule has 0 bridgehead atoms. The van der Waals surface area contributed by atoms with Crippen LogP contribution in [-0.4, -0.2) is 28.8 Å². The van der Waals surface area contributed by atoms with Gasteiger partial charge in [-0.1, -0.05) is 109 Å². The average Bonchev–Trinajstić information content (AvgIpc) is 3.20. The lowest BCUT2D eigenvalue weighted by molar-refractivity contribution is -0.135. The number of carbonyl (C=O) groups is 3. The van der Waals surface area contributed by atoms with Gasteiger partial charge in [0.1, 0.15) is 6.04 Å². The first-order valence-corrected chi connectivity index (χ1v) is 11.7. The van der Waals surface area contributed by atoms with Crippen molar-refractivity contribution in [3.8, 4) is 11.1 Å². The topological polar surface area (TPSA) is 78.5 Å². The standard InChI is InChI=1S/C30H25N3O3/c1-21(27(34)31-26-20-12-11-19-25(26)22-13-5-2-6-14-22)33-28(35)30(32-29(33)36,23-15-7-3-8-16-23)24-17-9-4-10-18-24/h2-21H,1H3,(H,31,34)(H,32,36)/t21-/m1/s1. The van der Waals surface area contributed by atoms with E-state index in [1.807, 2.05) is 84.9 Å². The minimum Gasteiger partial charge on any atom is -0.324 e. The third kappa shape index (κ3) is 3.92. The largest absolute Gasteiger partial charge is 0.326 e. The Balaban J connectivity index is 1.47. The maximum Gasteiger partial charge on any atom is 0.326 e. The summed E-state index contributed by atoms with van der Waals surface area (Å²) in [6.45, 7) is 1.56. The molecule has 1 aliphatic heterocycles. The molecule has 36 heavy (non-hydrogen) atoms. The van der Waals surface area contributed by atoms with Gasteiger partial charge < -0.3 is 10.6 Å². The van der Waals surface area contributed by atoms with Crippen molar-refractivity contribution in [1.29, 1.82) is 0 Å². The highest BCUT2D eigenvalue weighted by molar-refractivity contribution is 6.13. The predicted molar refractivity (Wildman–Crippen MR) is 139 cm³/mol. The van der Waals surface area contributed by atoms with Crippen molar-refractivity contribution in [3.05, 3.63) is 126 Å². The second-order valence-corrected chi connectivity index (χ2v) is 8.66. The molecule has 0 aliphatic carbocycles. The van der Waals surface area contributed by atoms with Crippen LogP contribution in [0.25, 0.3) is 11.1 Å². The van der Waals surface area contributed by atoms with E-state index in [0.717, 1.165) is 16.0 Å². The zero-order valence-corrected chi connectivity index (χ0v) is 19.7. The molecule has 4 aromatic rings. The summed E-state index contributed by atoms with van der Waals surface area (Å²) < 4.78 is 0. The van der Waals surface area contributed by atoms with Gasteiger partial charge in [-0.15, -0.1) is 0 Å². The first-order valence-electron chi connectivity index (χ1n) is 11.7. The van der Waals surface area contributed by atoms with E-state index in [1.165, 1.54) is 0 Å². The molecule has 0 spiro atoms. The van der Waals surface area contributed by atoms with E-state index in [9.17, 15) is 14.4 Å². The number of amides is 4. The minimum absolute atomic E-state index is 0.459. The van der Waals surface area contributed by atoms with Crippen LogP contribution in [0.4, 0.5) is 10.5 Å². The molecule has 1 aliphatic rings. The molecule has 0 unspecified atom stereocenters. The average molecular weight is 476 g/mol. The summed E-state index contributed by atoms with van der Waals surface area (Å²) in [6, 6.07) is 33.7. The Labute approximate surface area is 209 Å². The normalized spacial score (nSPS) is 15.3. The van der Waals surface area contributed by atoms with Crippen LogP contribution >= 0.6 is 0 Å². The molecule has 2 N–H and O–H groups in total. The van der Waals surface area contributed by atoms with Crippen LogP contribution in [0.3, 0.4) is 0 Å². The van der Waals surface area contributed by atoms with Crippen LogP contribution < -0.4 is 10.6 Å². The fourth-order valence-corrected chi connectivity index (χ4v) is 4.65. The maximum absolute atomic E-state index is 14.0. The third-order valence-electron chi connectivity index (χ3n) is 6.50. The van der Waals surface area contributed by atoms with Crippen LogP contribution in [0.5, 0.6) is 0 Å². The number of urea groups is 1. The molecule has 0 aromatic heterocycles. The Hall–Kier alpha value is -4.71. The SMILES string of the molecule is C[C@H](C(=O)Nc1ccccc1-c1ccccc1)N1C(=O)NC(c2ccccc2)(c2ccccc2)C1=O. The van der Waals surface area contributed by atoms with E-state index in [4.69, 9.17) is 0 Å². The van der Waals surface area contributed by atoms with Gasteiger partial charge in [-0.3, -0.25) is 9.59 Å². The van der Waals surface area contributed by atoms with Crippen molar-refractivity contribution in [3.63, 3.8) is 0 Å². The van der Waals surface area contributed by atoms with E-state index in [1.54, 1.807) is 37.3 Å². The molecule has 1 saturated heterocycles. The Kier molecular flexibility index (Phi) is 6.09. The number of imide groups is 1. The minimum atomic E-state index is -1.42. The highest BCUT2D eigenvalue weighted by atomic mass is 16.2. The van der Waals surface area contributed by atoms with Gasteiger partial charge in [-0.05, 0) is 29.7 Å². The van der Waals surface area contributed by atoms with Crippen LogP contribution in [0.15, 0.2) is 115 Å². The van der Waals surface area contributed by atoms with Gasteiger partial charge in [-0.25, -0.2) is 9.69 Å². The van der Waals surface area contributed by atoms with Gasteiger partial charge in [0.05, 0.1) is 0 Å². The summed E-state index contributed by atoms with van der Waals surface area (Å²) in [5, 5.41) is 5.82. The summed E-state index contributed by atoms with van der Waals surface area (Å²) in [6.07, 6.45) is 0. The molecule has 0 radical (unpaired) electrons. The number of carbonyl (C=O) groups excluding carboxylic acids is 3. The van der Waals surface area contributed by atoms with Crippen LogP contribution in [0.2, 0.25) is 0 Å². The predicted octanol–water partition coefficient (Wildman–Crippen LogP) is 5.18. The summed E-state index contributed by atoms with van der Waals surface area (Å²) >= 11 is 0. The molecule has 178 valence electrons. The molecule has 0 saturated carbocycles. The number of benzene rings is 4. The molecule has 1 atom stereocenters. The first-order chi connectivity index (χ1) is 17.5. The van der Waals surface area contributed by atoms with Crippen molar-refractivity contribution in [2.75, 3.05) is 5.32 Å². The number of nitrogens with one attached hydrogen (secondary N) is 2. The van der Waals surface area contributed by atoms with Crippen molar-refractivity contribution in [1.82, 2.24) is 10.2 Å². The van der Waals surface area contributed by atoms with Gasteiger partial charge in [0.2, 0.25) is 5.91 Å². The molecule has 1 heterocycles. The maximum atomic E-state index is 14.0. The summed E-state index contributed by atoms with van der Waals surface area (Å²) in [7, 11) is 0. The zero-order valence-electron chi connectivity index (χ0n) is 19.7. The molecule has 4 aromatic carbocycles. The second kappa shape index (κ2) is 9.50. The van der Waals surface area contributed by atoms with Gasteiger partial charge in [0.15, 0.2) is 5.54 Å².